The van der Waals surface area contributed by atoms with Gasteiger partial charge in [0.15, 0.2) is 0 Å². The summed E-state index contributed by atoms with van der Waals surface area (Å²) in [6.45, 7) is 9.52. The Morgan fingerprint density at radius 1 is 1.29 bits per heavy atom. The maximum Gasteiger partial charge on any atom is 0.0588 e. The molecular formula is C15H23NO. The van der Waals surface area contributed by atoms with Gasteiger partial charge in [-0.3, -0.25) is 0 Å². The number of hydrogen-bond donors (Lipinski definition) is 1. The lowest BCUT2D eigenvalue weighted by molar-refractivity contribution is 0.105. The Hall–Kier alpha value is -0.860. The van der Waals surface area contributed by atoms with E-state index in [-0.39, 0.29) is 0 Å². The third kappa shape index (κ3) is 3.08. The predicted molar refractivity (Wildman–Crippen MR) is 71.1 cm³/mol. The zero-order chi connectivity index (χ0) is 12.3. The normalized spacial score (nSPS) is 24.2. The molecule has 0 spiro atoms. The van der Waals surface area contributed by atoms with E-state index in [0.717, 1.165) is 19.7 Å². The van der Waals surface area contributed by atoms with Gasteiger partial charge in [-0.2, -0.15) is 0 Å². The SMILES string of the molecule is Cc1cccc(C)c1CNCC1CCOC1C. The Kier molecular flexibility index (Phi) is 4.19. The molecule has 1 fully saturated rings. The maximum atomic E-state index is 5.58. The third-order valence-electron chi connectivity index (χ3n) is 3.89. The Morgan fingerprint density at radius 2 is 2.00 bits per heavy atom. The molecule has 0 radical (unpaired) electrons. The average Bonchev–Trinajstić information content (AvgIpc) is 2.69. The highest BCUT2D eigenvalue weighted by atomic mass is 16.5. The van der Waals surface area contributed by atoms with E-state index in [1.54, 1.807) is 0 Å². The standard InChI is InChI=1S/C15H23NO/c1-11-5-4-6-12(2)15(11)10-16-9-14-7-8-17-13(14)3/h4-6,13-14,16H,7-10H2,1-3H3. The van der Waals surface area contributed by atoms with Crippen LogP contribution in [0.15, 0.2) is 18.2 Å². The maximum absolute atomic E-state index is 5.58. The molecule has 0 amide bonds. The van der Waals surface area contributed by atoms with Gasteiger partial charge in [-0.1, -0.05) is 18.2 Å². The van der Waals surface area contributed by atoms with Crippen molar-refractivity contribution in [1.82, 2.24) is 5.32 Å². The van der Waals surface area contributed by atoms with Crippen LogP contribution in [0.2, 0.25) is 0 Å². The van der Waals surface area contributed by atoms with Crippen LogP contribution in [-0.4, -0.2) is 19.3 Å². The Morgan fingerprint density at radius 3 is 2.59 bits per heavy atom. The Balaban J connectivity index is 1.86. The fourth-order valence-electron chi connectivity index (χ4n) is 2.55. The van der Waals surface area contributed by atoms with Crippen molar-refractivity contribution in [1.29, 1.82) is 0 Å². The molecule has 94 valence electrons. The highest BCUT2D eigenvalue weighted by molar-refractivity contribution is 5.33. The van der Waals surface area contributed by atoms with E-state index in [0.29, 0.717) is 12.0 Å². The summed E-state index contributed by atoms with van der Waals surface area (Å²) in [7, 11) is 0. The molecule has 1 aliphatic rings. The van der Waals surface area contributed by atoms with Gasteiger partial charge >= 0.3 is 0 Å². The molecule has 1 N–H and O–H groups in total. The van der Waals surface area contributed by atoms with Crippen LogP contribution in [-0.2, 0) is 11.3 Å². The summed E-state index contributed by atoms with van der Waals surface area (Å²) in [6, 6.07) is 6.50. The van der Waals surface area contributed by atoms with Gasteiger partial charge in [0, 0.05) is 19.7 Å². The molecule has 0 aromatic heterocycles. The largest absolute Gasteiger partial charge is 0.378 e. The van der Waals surface area contributed by atoms with Crippen LogP contribution in [0, 0.1) is 19.8 Å². The molecule has 2 unspecified atom stereocenters. The summed E-state index contributed by atoms with van der Waals surface area (Å²) in [5.41, 5.74) is 4.21. The Bertz CT molecular complexity index is 355. The average molecular weight is 233 g/mol. The molecular weight excluding hydrogens is 210 g/mol. The molecule has 1 heterocycles. The van der Waals surface area contributed by atoms with E-state index in [1.807, 2.05) is 0 Å². The topological polar surface area (TPSA) is 21.3 Å². The van der Waals surface area contributed by atoms with Crippen molar-refractivity contribution in [3.05, 3.63) is 34.9 Å². The van der Waals surface area contributed by atoms with Crippen LogP contribution in [0.5, 0.6) is 0 Å². The molecule has 2 rings (SSSR count). The van der Waals surface area contributed by atoms with Gasteiger partial charge in [-0.05, 0) is 49.8 Å². The minimum atomic E-state index is 0.417. The van der Waals surface area contributed by atoms with Gasteiger partial charge in [0.2, 0.25) is 0 Å². The molecule has 17 heavy (non-hydrogen) atoms. The predicted octanol–water partition coefficient (Wildman–Crippen LogP) is 2.82. The zero-order valence-corrected chi connectivity index (χ0v) is 11.1. The Labute approximate surface area is 104 Å². The minimum absolute atomic E-state index is 0.417. The summed E-state index contributed by atoms with van der Waals surface area (Å²) >= 11 is 0. The van der Waals surface area contributed by atoms with Crippen molar-refractivity contribution in [2.75, 3.05) is 13.2 Å². The number of aryl methyl sites for hydroxylation is 2. The second-order valence-electron chi connectivity index (χ2n) is 5.13. The second-order valence-corrected chi connectivity index (χ2v) is 5.13. The van der Waals surface area contributed by atoms with Crippen LogP contribution in [0.4, 0.5) is 0 Å². The lowest BCUT2D eigenvalue weighted by atomic mass is 10.0. The third-order valence-corrected chi connectivity index (χ3v) is 3.89. The minimum Gasteiger partial charge on any atom is -0.378 e. The van der Waals surface area contributed by atoms with E-state index in [1.165, 1.54) is 23.1 Å². The lowest BCUT2D eigenvalue weighted by Gasteiger charge is -2.16. The molecule has 1 saturated heterocycles. The van der Waals surface area contributed by atoms with Crippen molar-refractivity contribution in [2.24, 2.45) is 5.92 Å². The fourth-order valence-corrected chi connectivity index (χ4v) is 2.55. The molecule has 1 aromatic carbocycles. The first-order valence-electron chi connectivity index (χ1n) is 6.56. The molecule has 2 heteroatoms. The van der Waals surface area contributed by atoms with Gasteiger partial charge in [0.1, 0.15) is 0 Å². The van der Waals surface area contributed by atoms with Crippen molar-refractivity contribution < 1.29 is 4.74 Å². The fraction of sp³-hybridized carbons (Fsp3) is 0.600. The van der Waals surface area contributed by atoms with E-state index >= 15 is 0 Å². The van der Waals surface area contributed by atoms with Gasteiger partial charge in [0.25, 0.3) is 0 Å². The number of nitrogens with one attached hydrogen (secondary N) is 1. The van der Waals surface area contributed by atoms with Crippen molar-refractivity contribution in [3.63, 3.8) is 0 Å². The van der Waals surface area contributed by atoms with Crippen LogP contribution in [0.1, 0.15) is 30.0 Å². The molecule has 0 bridgehead atoms. The van der Waals surface area contributed by atoms with Crippen LogP contribution in [0.25, 0.3) is 0 Å². The van der Waals surface area contributed by atoms with Crippen LogP contribution in [0.3, 0.4) is 0 Å². The van der Waals surface area contributed by atoms with Gasteiger partial charge in [-0.25, -0.2) is 0 Å². The number of hydrogen-bond acceptors (Lipinski definition) is 2. The monoisotopic (exact) mass is 233 g/mol. The van der Waals surface area contributed by atoms with E-state index in [9.17, 15) is 0 Å². The first-order chi connectivity index (χ1) is 8.18. The van der Waals surface area contributed by atoms with Crippen molar-refractivity contribution in [3.8, 4) is 0 Å². The van der Waals surface area contributed by atoms with Crippen molar-refractivity contribution >= 4 is 0 Å². The van der Waals surface area contributed by atoms with E-state index in [4.69, 9.17) is 4.74 Å². The number of rotatable bonds is 4. The van der Waals surface area contributed by atoms with E-state index in [2.05, 4.69) is 44.3 Å². The molecule has 0 aliphatic carbocycles. The van der Waals surface area contributed by atoms with Gasteiger partial charge in [-0.15, -0.1) is 0 Å². The first kappa shape index (κ1) is 12.6. The molecule has 2 nitrogen and oxygen atoms in total. The summed E-state index contributed by atoms with van der Waals surface area (Å²) in [5.74, 6) is 0.680. The molecule has 1 aliphatic heterocycles. The van der Waals surface area contributed by atoms with Gasteiger partial charge in [0.05, 0.1) is 6.10 Å². The quantitative estimate of drug-likeness (QED) is 0.863. The van der Waals surface area contributed by atoms with Crippen LogP contribution >= 0.6 is 0 Å². The smallest absolute Gasteiger partial charge is 0.0588 e. The molecule has 0 saturated carbocycles. The zero-order valence-electron chi connectivity index (χ0n) is 11.1. The lowest BCUT2D eigenvalue weighted by Crippen LogP contribution is -2.27. The second kappa shape index (κ2) is 5.65. The highest BCUT2D eigenvalue weighted by Gasteiger charge is 2.23. The van der Waals surface area contributed by atoms with E-state index < -0.39 is 0 Å². The van der Waals surface area contributed by atoms with Crippen LogP contribution < -0.4 is 5.32 Å². The first-order valence-corrected chi connectivity index (χ1v) is 6.56. The molecule has 2 atom stereocenters. The summed E-state index contributed by atoms with van der Waals surface area (Å²) in [4.78, 5) is 0. The van der Waals surface area contributed by atoms with Gasteiger partial charge < -0.3 is 10.1 Å². The highest BCUT2D eigenvalue weighted by Crippen LogP contribution is 2.20. The number of ether oxygens (including phenoxy) is 1. The number of benzene rings is 1. The summed E-state index contributed by atoms with van der Waals surface area (Å²) in [5, 5.41) is 3.58. The molecule has 1 aromatic rings. The summed E-state index contributed by atoms with van der Waals surface area (Å²) < 4.78 is 5.58. The van der Waals surface area contributed by atoms with Crippen molar-refractivity contribution in [2.45, 2.75) is 39.8 Å². The summed E-state index contributed by atoms with van der Waals surface area (Å²) in [6.07, 6.45) is 1.61.